The number of nitrogens with two attached hydrogens (primary N) is 1. The Morgan fingerprint density at radius 1 is 1.60 bits per heavy atom. The van der Waals surface area contributed by atoms with E-state index in [0.29, 0.717) is 5.75 Å². The van der Waals surface area contributed by atoms with E-state index in [9.17, 15) is 13.2 Å². The lowest BCUT2D eigenvalue weighted by Gasteiger charge is -2.02. The number of thiophene rings is 1. The first-order valence-corrected chi connectivity index (χ1v) is 6.19. The Balaban J connectivity index is 3.01. The Morgan fingerprint density at radius 2 is 2.20 bits per heavy atom. The zero-order valence-electron chi connectivity index (χ0n) is 8.10. The predicted molar refractivity (Wildman–Crippen MR) is 56.2 cm³/mol. The van der Waals surface area contributed by atoms with Gasteiger partial charge in [0, 0.05) is 4.88 Å². The zero-order chi connectivity index (χ0) is 11.6. The van der Waals surface area contributed by atoms with E-state index in [-0.39, 0.29) is 4.88 Å². The molecular weight excluding hydrogens is 240 g/mol. The van der Waals surface area contributed by atoms with E-state index in [1.807, 2.05) is 0 Å². The smallest absolute Gasteiger partial charge is 0.299 e. The molecular formula is C7H10N2O4S2. The van der Waals surface area contributed by atoms with Crippen molar-refractivity contribution in [3.05, 3.63) is 15.8 Å². The van der Waals surface area contributed by atoms with Gasteiger partial charge in [0.1, 0.15) is 10.6 Å². The van der Waals surface area contributed by atoms with Gasteiger partial charge >= 0.3 is 0 Å². The first kappa shape index (κ1) is 12.0. The van der Waals surface area contributed by atoms with Crippen LogP contribution >= 0.6 is 11.3 Å². The number of hydrogen-bond acceptors (Lipinski definition) is 5. The second kappa shape index (κ2) is 4.17. The molecule has 1 aromatic rings. The minimum Gasteiger partial charge on any atom is -0.495 e. The summed E-state index contributed by atoms with van der Waals surface area (Å²) in [5.41, 5.74) is 0. The monoisotopic (exact) mass is 250 g/mol. The maximum Gasteiger partial charge on any atom is 0.299 e. The molecule has 0 saturated heterocycles. The van der Waals surface area contributed by atoms with Gasteiger partial charge in [-0.1, -0.05) is 0 Å². The largest absolute Gasteiger partial charge is 0.495 e. The number of amides is 1. The van der Waals surface area contributed by atoms with Gasteiger partial charge in [0.25, 0.3) is 16.1 Å². The Bertz CT molecular complexity index is 477. The number of hydrogen-bond donors (Lipinski definition) is 2. The number of rotatable bonds is 3. The molecule has 0 aliphatic rings. The van der Waals surface area contributed by atoms with Crippen LogP contribution in [0.1, 0.15) is 14.5 Å². The summed E-state index contributed by atoms with van der Waals surface area (Å²) in [4.78, 5) is 12.4. The Labute approximate surface area is 91.2 Å². The summed E-state index contributed by atoms with van der Waals surface area (Å²) >= 11 is 1.13. The second-order valence-corrected chi connectivity index (χ2v) is 5.28. The van der Waals surface area contributed by atoms with Crippen molar-refractivity contribution in [2.75, 3.05) is 7.11 Å². The molecule has 0 aliphatic heterocycles. The summed E-state index contributed by atoms with van der Waals surface area (Å²) in [6.07, 6.45) is 0. The third-order valence-corrected chi connectivity index (χ3v) is 2.98. The minimum atomic E-state index is -4.04. The molecule has 0 spiro atoms. The first-order chi connectivity index (χ1) is 6.83. The van der Waals surface area contributed by atoms with Gasteiger partial charge in [-0.3, -0.25) is 4.79 Å². The third kappa shape index (κ3) is 3.18. The molecule has 0 fully saturated rings. The van der Waals surface area contributed by atoms with E-state index in [1.54, 1.807) is 17.7 Å². The topological polar surface area (TPSA) is 98.5 Å². The van der Waals surface area contributed by atoms with Crippen LogP contribution in [0.15, 0.2) is 6.07 Å². The number of carbonyl (C=O) groups excluding carboxylic acids is 1. The minimum absolute atomic E-state index is 0.184. The fourth-order valence-corrected chi connectivity index (χ4v) is 2.28. The van der Waals surface area contributed by atoms with Crippen molar-refractivity contribution in [1.29, 1.82) is 0 Å². The van der Waals surface area contributed by atoms with Crippen LogP contribution in [0.25, 0.3) is 0 Å². The van der Waals surface area contributed by atoms with Gasteiger partial charge in [0.2, 0.25) is 0 Å². The molecule has 0 unspecified atom stereocenters. The highest BCUT2D eigenvalue weighted by Crippen LogP contribution is 2.28. The van der Waals surface area contributed by atoms with Crippen LogP contribution in [0.5, 0.6) is 5.75 Å². The average molecular weight is 250 g/mol. The SMILES string of the molecule is COc1cc(C)sc1C(=O)NS(N)(=O)=O. The van der Waals surface area contributed by atoms with Gasteiger partial charge < -0.3 is 4.74 Å². The molecule has 84 valence electrons. The van der Waals surface area contributed by atoms with Crippen LogP contribution in [0, 0.1) is 6.92 Å². The van der Waals surface area contributed by atoms with Gasteiger partial charge in [-0.25, -0.2) is 9.86 Å². The van der Waals surface area contributed by atoms with Crippen LogP contribution in [0.2, 0.25) is 0 Å². The standard InChI is InChI=1S/C7H10N2O4S2/c1-4-3-5(13-2)6(14-4)7(10)9-15(8,11)12/h3H,1-2H3,(H,9,10)(H2,8,11,12). The maximum atomic E-state index is 11.4. The van der Waals surface area contributed by atoms with E-state index in [0.717, 1.165) is 16.2 Å². The molecule has 6 nitrogen and oxygen atoms in total. The lowest BCUT2D eigenvalue weighted by Crippen LogP contribution is -2.35. The van der Waals surface area contributed by atoms with Crippen LogP contribution in [-0.2, 0) is 10.2 Å². The summed E-state index contributed by atoms with van der Waals surface area (Å²) < 4.78 is 27.8. The molecule has 0 aromatic carbocycles. The summed E-state index contributed by atoms with van der Waals surface area (Å²) in [5.74, 6) is -0.453. The molecule has 0 atom stereocenters. The molecule has 3 N–H and O–H groups in total. The fourth-order valence-electron chi connectivity index (χ4n) is 0.976. The molecule has 1 amide bonds. The van der Waals surface area contributed by atoms with Crippen LogP contribution in [0.3, 0.4) is 0 Å². The van der Waals surface area contributed by atoms with Gasteiger partial charge in [-0.15, -0.1) is 11.3 Å². The first-order valence-electron chi connectivity index (χ1n) is 3.83. The number of nitrogens with one attached hydrogen (secondary N) is 1. The lowest BCUT2D eigenvalue weighted by molar-refractivity contribution is 0.0983. The molecule has 8 heteroatoms. The van der Waals surface area contributed by atoms with Gasteiger partial charge in [0.15, 0.2) is 0 Å². The molecule has 0 saturated carbocycles. The quantitative estimate of drug-likeness (QED) is 0.788. The molecule has 1 heterocycles. The molecule has 0 aliphatic carbocycles. The van der Waals surface area contributed by atoms with Crippen molar-refractivity contribution in [3.63, 3.8) is 0 Å². The van der Waals surface area contributed by atoms with E-state index in [4.69, 9.17) is 4.74 Å². The van der Waals surface area contributed by atoms with Crippen molar-refractivity contribution in [3.8, 4) is 5.75 Å². The lowest BCUT2D eigenvalue weighted by atomic mass is 10.4. The number of carbonyl (C=O) groups is 1. The Morgan fingerprint density at radius 3 is 2.67 bits per heavy atom. The zero-order valence-corrected chi connectivity index (χ0v) is 9.74. The van der Waals surface area contributed by atoms with Gasteiger partial charge in [-0.2, -0.15) is 8.42 Å². The molecule has 0 bridgehead atoms. The summed E-state index contributed by atoms with van der Waals surface area (Å²) in [6.45, 7) is 1.78. The van der Waals surface area contributed by atoms with Gasteiger partial charge in [0.05, 0.1) is 7.11 Å². The van der Waals surface area contributed by atoms with Crippen LogP contribution in [-0.4, -0.2) is 21.4 Å². The van der Waals surface area contributed by atoms with Crippen molar-refractivity contribution in [2.45, 2.75) is 6.92 Å². The van der Waals surface area contributed by atoms with Crippen molar-refractivity contribution in [1.82, 2.24) is 4.72 Å². The predicted octanol–water partition coefficient (Wildman–Crippen LogP) is -0.00158. The second-order valence-electron chi connectivity index (χ2n) is 2.73. The molecule has 15 heavy (non-hydrogen) atoms. The summed E-state index contributed by atoms with van der Waals surface area (Å²) in [6, 6.07) is 1.64. The highest BCUT2D eigenvalue weighted by molar-refractivity contribution is 7.87. The maximum absolute atomic E-state index is 11.4. The van der Waals surface area contributed by atoms with Crippen molar-refractivity contribution in [2.24, 2.45) is 5.14 Å². The average Bonchev–Trinajstić information content (AvgIpc) is 2.43. The highest BCUT2D eigenvalue weighted by atomic mass is 32.2. The van der Waals surface area contributed by atoms with E-state index in [2.05, 4.69) is 5.14 Å². The number of aryl methyl sites for hydroxylation is 1. The molecule has 1 aromatic heterocycles. The number of ether oxygens (including phenoxy) is 1. The summed E-state index contributed by atoms with van der Waals surface area (Å²) in [5, 5.41) is 4.68. The fraction of sp³-hybridized carbons (Fsp3) is 0.286. The Kier molecular flexibility index (Phi) is 3.32. The van der Waals surface area contributed by atoms with Crippen LogP contribution in [0.4, 0.5) is 0 Å². The molecule has 0 radical (unpaired) electrons. The normalized spacial score (nSPS) is 11.1. The van der Waals surface area contributed by atoms with E-state index < -0.39 is 16.1 Å². The summed E-state index contributed by atoms with van der Waals surface area (Å²) in [7, 11) is -2.64. The molecule has 1 rings (SSSR count). The highest BCUT2D eigenvalue weighted by Gasteiger charge is 2.18. The van der Waals surface area contributed by atoms with Crippen LogP contribution < -0.4 is 14.6 Å². The Hall–Kier alpha value is -1.12. The van der Waals surface area contributed by atoms with Crippen molar-refractivity contribution < 1.29 is 17.9 Å². The van der Waals surface area contributed by atoms with Gasteiger partial charge in [-0.05, 0) is 13.0 Å². The third-order valence-electron chi connectivity index (χ3n) is 1.48. The number of methoxy groups -OCH3 is 1. The van der Waals surface area contributed by atoms with Crippen molar-refractivity contribution >= 4 is 27.5 Å². The van der Waals surface area contributed by atoms with E-state index >= 15 is 0 Å². The van der Waals surface area contributed by atoms with E-state index in [1.165, 1.54) is 7.11 Å².